The van der Waals surface area contributed by atoms with E-state index in [0.29, 0.717) is 26.8 Å². The summed E-state index contributed by atoms with van der Waals surface area (Å²) in [5.41, 5.74) is 1.50. The van der Waals surface area contributed by atoms with Crippen molar-refractivity contribution < 1.29 is 9.47 Å². The number of hydrogen-bond acceptors (Lipinski definition) is 6. The van der Waals surface area contributed by atoms with E-state index in [1.54, 1.807) is 26.4 Å². The zero-order valence-electron chi connectivity index (χ0n) is 14.5. The van der Waals surface area contributed by atoms with Gasteiger partial charge in [-0.3, -0.25) is 4.79 Å². The summed E-state index contributed by atoms with van der Waals surface area (Å²) < 4.78 is 13.4. The monoisotopic (exact) mass is 443 g/mol. The molecule has 0 radical (unpaired) electrons. The van der Waals surface area contributed by atoms with Gasteiger partial charge in [0.15, 0.2) is 17.3 Å². The third kappa shape index (κ3) is 3.33. The summed E-state index contributed by atoms with van der Waals surface area (Å²) in [6.07, 6.45) is 1.80. The molecule has 4 aromatic rings. The average Bonchev–Trinajstić information content (AvgIpc) is 3.22. The van der Waals surface area contributed by atoms with Gasteiger partial charge in [-0.1, -0.05) is 45.5 Å². The molecule has 4 rings (SSSR count). The first-order valence-corrected chi connectivity index (χ1v) is 9.59. The predicted octanol–water partition coefficient (Wildman–Crippen LogP) is 3.15. The first kappa shape index (κ1) is 17.7. The lowest BCUT2D eigenvalue weighted by Gasteiger charge is -2.07. The minimum Gasteiger partial charge on any atom is -0.493 e. The number of halogens is 1. The number of nitrogens with zero attached hydrogens (tertiary/aromatic N) is 3. The second kappa shape index (κ2) is 7.13. The summed E-state index contributed by atoms with van der Waals surface area (Å²) in [5.74, 6) is 1.78. The number of hydrogen-bond donors (Lipinski definition) is 0. The maximum absolute atomic E-state index is 12.7. The van der Waals surface area contributed by atoms with Crippen LogP contribution in [-0.2, 0) is 0 Å². The summed E-state index contributed by atoms with van der Waals surface area (Å²) in [5, 5.41) is 4.36. The van der Waals surface area contributed by atoms with E-state index in [1.165, 1.54) is 15.9 Å². The summed E-state index contributed by atoms with van der Waals surface area (Å²) in [4.78, 5) is 17.7. The molecule has 0 aliphatic heterocycles. The molecular weight excluding hydrogens is 430 g/mol. The van der Waals surface area contributed by atoms with Crippen molar-refractivity contribution in [3.63, 3.8) is 0 Å². The van der Waals surface area contributed by atoms with Crippen LogP contribution in [0.4, 0.5) is 0 Å². The van der Waals surface area contributed by atoms with Crippen LogP contribution in [0.1, 0.15) is 5.56 Å². The lowest BCUT2D eigenvalue weighted by molar-refractivity contribution is 0.355. The van der Waals surface area contributed by atoms with Gasteiger partial charge in [-0.15, -0.1) is 5.10 Å². The first-order chi connectivity index (χ1) is 13.1. The van der Waals surface area contributed by atoms with E-state index in [9.17, 15) is 4.79 Å². The van der Waals surface area contributed by atoms with Gasteiger partial charge >= 0.3 is 0 Å². The normalized spacial score (nSPS) is 11.9. The summed E-state index contributed by atoms with van der Waals surface area (Å²) in [6.45, 7) is 0. The molecule has 0 saturated heterocycles. The Balaban J connectivity index is 1.76. The van der Waals surface area contributed by atoms with Gasteiger partial charge in [0.05, 0.1) is 18.8 Å². The van der Waals surface area contributed by atoms with E-state index >= 15 is 0 Å². The minimum atomic E-state index is -0.194. The van der Waals surface area contributed by atoms with Crippen LogP contribution in [0.25, 0.3) is 22.4 Å². The van der Waals surface area contributed by atoms with Gasteiger partial charge in [-0.2, -0.15) is 9.50 Å². The largest absolute Gasteiger partial charge is 0.493 e. The number of benzene rings is 2. The Morgan fingerprint density at radius 2 is 1.81 bits per heavy atom. The topological polar surface area (TPSA) is 65.7 Å². The molecule has 6 nitrogen and oxygen atoms in total. The van der Waals surface area contributed by atoms with Crippen molar-refractivity contribution in [1.29, 1.82) is 0 Å². The van der Waals surface area contributed by atoms with Gasteiger partial charge in [0.2, 0.25) is 4.96 Å². The molecule has 0 fully saturated rings. The zero-order valence-corrected chi connectivity index (χ0v) is 16.9. The minimum absolute atomic E-state index is 0.194. The van der Waals surface area contributed by atoms with Gasteiger partial charge < -0.3 is 9.47 Å². The van der Waals surface area contributed by atoms with Crippen LogP contribution in [-0.4, -0.2) is 28.8 Å². The number of ether oxygens (including phenoxy) is 2. The molecule has 0 bridgehead atoms. The highest BCUT2D eigenvalue weighted by Crippen LogP contribution is 2.27. The van der Waals surface area contributed by atoms with Crippen molar-refractivity contribution in [2.24, 2.45) is 0 Å². The fourth-order valence-corrected chi connectivity index (χ4v) is 3.82. The SMILES string of the molecule is COc1ccc(/C=c2\sc3nc(-c4ccc(Br)cc4)nn3c2=O)cc1OC. The van der Waals surface area contributed by atoms with E-state index in [4.69, 9.17) is 9.47 Å². The fourth-order valence-electron chi connectivity index (χ4n) is 2.65. The highest BCUT2D eigenvalue weighted by atomic mass is 79.9. The maximum atomic E-state index is 12.7. The Hall–Kier alpha value is -2.71. The Morgan fingerprint density at radius 3 is 2.48 bits per heavy atom. The van der Waals surface area contributed by atoms with Gasteiger partial charge in [-0.05, 0) is 35.9 Å². The van der Waals surface area contributed by atoms with E-state index in [-0.39, 0.29) is 5.56 Å². The molecule has 8 heteroatoms. The van der Waals surface area contributed by atoms with Crippen LogP contribution in [0.3, 0.4) is 0 Å². The standard InChI is InChI=1S/C19H14BrN3O3S/c1-25-14-8-3-11(9-15(14)26-2)10-16-18(24)23-19(27-16)21-17(22-23)12-4-6-13(20)7-5-12/h3-10H,1-2H3/b16-10-. The number of thiazole rings is 1. The molecule has 2 aromatic heterocycles. The fraction of sp³-hybridized carbons (Fsp3) is 0.105. The number of aromatic nitrogens is 3. The molecule has 0 spiro atoms. The van der Waals surface area contributed by atoms with Gasteiger partial charge in [0.25, 0.3) is 5.56 Å². The van der Waals surface area contributed by atoms with E-state index in [2.05, 4.69) is 26.0 Å². The summed E-state index contributed by atoms with van der Waals surface area (Å²) in [6, 6.07) is 13.1. The molecule has 2 aromatic carbocycles. The number of methoxy groups -OCH3 is 2. The summed E-state index contributed by atoms with van der Waals surface area (Å²) in [7, 11) is 3.16. The second-order valence-electron chi connectivity index (χ2n) is 5.67. The molecule has 136 valence electrons. The molecule has 27 heavy (non-hydrogen) atoms. The van der Waals surface area contributed by atoms with Gasteiger partial charge in [0, 0.05) is 10.0 Å². The van der Waals surface area contributed by atoms with Crippen molar-refractivity contribution in [2.75, 3.05) is 14.2 Å². The van der Waals surface area contributed by atoms with Crippen LogP contribution >= 0.6 is 27.3 Å². The third-order valence-corrected chi connectivity index (χ3v) is 5.48. The predicted molar refractivity (Wildman–Crippen MR) is 109 cm³/mol. The Labute approximate surface area is 166 Å². The highest BCUT2D eigenvalue weighted by molar-refractivity contribution is 9.10. The van der Waals surface area contributed by atoms with Crippen LogP contribution in [0.5, 0.6) is 11.5 Å². The van der Waals surface area contributed by atoms with Crippen molar-refractivity contribution in [2.45, 2.75) is 0 Å². The van der Waals surface area contributed by atoms with Crippen molar-refractivity contribution in [3.8, 4) is 22.9 Å². The maximum Gasteiger partial charge on any atom is 0.291 e. The third-order valence-electron chi connectivity index (χ3n) is 3.99. The Bertz CT molecular complexity index is 1230. The molecule has 0 N–H and O–H groups in total. The van der Waals surface area contributed by atoms with Gasteiger partial charge in [-0.25, -0.2) is 0 Å². The van der Waals surface area contributed by atoms with Crippen LogP contribution in [0.15, 0.2) is 51.7 Å². The molecule has 0 aliphatic carbocycles. The Kier molecular flexibility index (Phi) is 4.67. The van der Waals surface area contributed by atoms with E-state index < -0.39 is 0 Å². The Morgan fingerprint density at radius 1 is 1.07 bits per heavy atom. The quantitative estimate of drug-likeness (QED) is 0.484. The van der Waals surface area contributed by atoms with Crippen LogP contribution in [0.2, 0.25) is 0 Å². The molecule has 0 aliphatic rings. The highest BCUT2D eigenvalue weighted by Gasteiger charge is 2.12. The van der Waals surface area contributed by atoms with Gasteiger partial charge in [0.1, 0.15) is 0 Å². The van der Waals surface area contributed by atoms with Crippen molar-refractivity contribution in [3.05, 3.63) is 67.4 Å². The number of rotatable bonds is 4. The lowest BCUT2D eigenvalue weighted by atomic mass is 10.2. The van der Waals surface area contributed by atoms with Crippen LogP contribution < -0.4 is 19.6 Å². The molecule has 0 saturated carbocycles. The molecule has 2 heterocycles. The second-order valence-corrected chi connectivity index (χ2v) is 7.59. The molecular formula is C19H14BrN3O3S. The lowest BCUT2D eigenvalue weighted by Crippen LogP contribution is -2.23. The molecule has 0 unspecified atom stereocenters. The molecule has 0 atom stereocenters. The smallest absolute Gasteiger partial charge is 0.291 e. The first-order valence-electron chi connectivity index (χ1n) is 7.98. The van der Waals surface area contributed by atoms with Crippen LogP contribution in [0, 0.1) is 0 Å². The van der Waals surface area contributed by atoms with Crippen molar-refractivity contribution in [1.82, 2.24) is 14.6 Å². The van der Waals surface area contributed by atoms with E-state index in [1.807, 2.05) is 36.4 Å². The molecule has 0 amide bonds. The van der Waals surface area contributed by atoms with Crippen molar-refractivity contribution >= 4 is 38.3 Å². The average molecular weight is 444 g/mol. The zero-order chi connectivity index (χ0) is 19.0. The summed E-state index contributed by atoms with van der Waals surface area (Å²) >= 11 is 4.70. The number of fused-ring (bicyclic) bond motifs is 1. The van der Waals surface area contributed by atoms with E-state index in [0.717, 1.165) is 15.6 Å².